The average Bonchev–Trinajstić information content (AvgIpc) is 2.67. The molecule has 1 unspecified atom stereocenters. The van der Waals surface area contributed by atoms with Crippen LogP contribution in [0.5, 0.6) is 11.5 Å². The van der Waals surface area contributed by atoms with Crippen molar-refractivity contribution in [2.24, 2.45) is 5.16 Å². The first-order valence-corrected chi connectivity index (χ1v) is 7.97. The van der Waals surface area contributed by atoms with Crippen LogP contribution in [-0.4, -0.2) is 32.4 Å². The van der Waals surface area contributed by atoms with E-state index in [0.717, 1.165) is 5.56 Å². The van der Waals surface area contributed by atoms with Crippen LogP contribution in [0.3, 0.4) is 0 Å². The lowest BCUT2D eigenvalue weighted by molar-refractivity contribution is -0.131. The predicted molar refractivity (Wildman–Crippen MR) is 95.9 cm³/mol. The second-order valence-electron chi connectivity index (χ2n) is 5.41. The largest absolute Gasteiger partial charge is 0.493 e. The van der Waals surface area contributed by atoms with E-state index in [1.54, 1.807) is 51.5 Å². The van der Waals surface area contributed by atoms with Crippen LogP contribution in [0.2, 0.25) is 0 Å². The van der Waals surface area contributed by atoms with Gasteiger partial charge in [-0.25, -0.2) is 4.39 Å². The molecular formula is C19H21FN2O4. The van der Waals surface area contributed by atoms with Crippen LogP contribution in [0.25, 0.3) is 0 Å². The Morgan fingerprint density at radius 2 is 1.92 bits per heavy atom. The van der Waals surface area contributed by atoms with Crippen LogP contribution in [0.4, 0.5) is 4.39 Å². The minimum atomic E-state index is -0.821. The van der Waals surface area contributed by atoms with Gasteiger partial charge in [-0.2, -0.15) is 0 Å². The van der Waals surface area contributed by atoms with Crippen molar-refractivity contribution in [2.45, 2.75) is 19.6 Å². The molecular weight excluding hydrogens is 339 g/mol. The van der Waals surface area contributed by atoms with Crippen LogP contribution in [0, 0.1) is 5.82 Å². The Hall–Kier alpha value is -3.09. The number of nitrogens with one attached hydrogen (secondary N) is 1. The van der Waals surface area contributed by atoms with E-state index in [0.29, 0.717) is 18.0 Å². The summed E-state index contributed by atoms with van der Waals surface area (Å²) in [6.45, 7) is 1.85. The summed E-state index contributed by atoms with van der Waals surface area (Å²) in [5.74, 6) is 0.440. The van der Waals surface area contributed by atoms with Gasteiger partial charge in [0, 0.05) is 12.1 Å². The van der Waals surface area contributed by atoms with Crippen molar-refractivity contribution in [3.8, 4) is 11.5 Å². The molecule has 2 aromatic rings. The molecule has 0 bridgehead atoms. The number of oxime groups is 1. The number of hydrogen-bond acceptors (Lipinski definition) is 5. The number of amides is 1. The van der Waals surface area contributed by atoms with Gasteiger partial charge < -0.3 is 19.6 Å². The van der Waals surface area contributed by atoms with Crippen LogP contribution < -0.4 is 14.8 Å². The van der Waals surface area contributed by atoms with Gasteiger partial charge in [0.05, 0.1) is 20.4 Å². The van der Waals surface area contributed by atoms with Crippen LogP contribution >= 0.6 is 0 Å². The number of rotatable bonds is 8. The molecule has 0 aliphatic rings. The van der Waals surface area contributed by atoms with Gasteiger partial charge >= 0.3 is 0 Å². The molecule has 0 aromatic heterocycles. The molecule has 0 aliphatic heterocycles. The van der Waals surface area contributed by atoms with Crippen molar-refractivity contribution in [3.63, 3.8) is 0 Å². The number of carbonyl (C=O) groups is 1. The summed E-state index contributed by atoms with van der Waals surface area (Å²) in [6.07, 6.45) is 0.408. The second-order valence-corrected chi connectivity index (χ2v) is 5.41. The summed E-state index contributed by atoms with van der Waals surface area (Å²) >= 11 is 0. The van der Waals surface area contributed by atoms with Gasteiger partial charge in [0.2, 0.25) is 6.10 Å². The molecule has 2 rings (SSSR count). The molecule has 0 saturated heterocycles. The Labute approximate surface area is 151 Å². The zero-order valence-corrected chi connectivity index (χ0v) is 14.9. The lowest BCUT2D eigenvalue weighted by Gasteiger charge is -2.12. The van der Waals surface area contributed by atoms with E-state index < -0.39 is 11.9 Å². The van der Waals surface area contributed by atoms with Gasteiger partial charge in [-0.1, -0.05) is 29.4 Å². The molecule has 6 nitrogen and oxygen atoms in total. The van der Waals surface area contributed by atoms with Crippen molar-refractivity contribution in [1.82, 2.24) is 5.32 Å². The number of nitrogens with zero attached hydrogens (tertiary/aromatic N) is 1. The van der Waals surface area contributed by atoms with E-state index in [4.69, 9.17) is 14.3 Å². The third-order valence-electron chi connectivity index (χ3n) is 3.60. The molecule has 1 amide bonds. The standard InChI is InChI=1S/C19H21FN2O4/c1-13(26-22-12-15-6-4-5-7-16(15)20)19(23)21-11-14-8-9-17(24-2)18(10-14)25-3/h4-10,12-13H,11H2,1-3H3,(H,21,23)/b22-12+. The molecule has 2 aromatic carbocycles. The summed E-state index contributed by atoms with van der Waals surface area (Å²) in [6, 6.07) is 11.5. The maximum absolute atomic E-state index is 13.5. The Morgan fingerprint density at radius 3 is 2.62 bits per heavy atom. The highest BCUT2D eigenvalue weighted by Crippen LogP contribution is 2.27. The van der Waals surface area contributed by atoms with E-state index in [1.165, 1.54) is 12.3 Å². The normalized spacial score (nSPS) is 11.8. The third kappa shape index (κ3) is 5.20. The van der Waals surface area contributed by atoms with Crippen molar-refractivity contribution in [3.05, 3.63) is 59.4 Å². The predicted octanol–water partition coefficient (Wildman–Crippen LogP) is 2.90. The number of halogens is 1. The maximum atomic E-state index is 13.5. The number of benzene rings is 2. The summed E-state index contributed by atoms with van der Waals surface area (Å²) in [7, 11) is 3.10. The number of carbonyl (C=O) groups excluding carboxylic acids is 1. The lowest BCUT2D eigenvalue weighted by atomic mass is 10.2. The summed E-state index contributed by atoms with van der Waals surface area (Å²) in [5, 5.41) is 6.41. The van der Waals surface area contributed by atoms with Gasteiger partial charge in [0.25, 0.3) is 5.91 Å². The zero-order chi connectivity index (χ0) is 18.9. The molecule has 7 heteroatoms. The smallest absolute Gasteiger partial charge is 0.263 e. The monoisotopic (exact) mass is 360 g/mol. The maximum Gasteiger partial charge on any atom is 0.263 e. The van der Waals surface area contributed by atoms with Gasteiger partial charge in [0.1, 0.15) is 5.82 Å². The fourth-order valence-electron chi connectivity index (χ4n) is 2.13. The quantitative estimate of drug-likeness (QED) is 0.581. The van der Waals surface area contributed by atoms with Gasteiger partial charge in [-0.05, 0) is 30.7 Å². The van der Waals surface area contributed by atoms with E-state index in [-0.39, 0.29) is 11.5 Å². The first-order valence-electron chi connectivity index (χ1n) is 7.97. The third-order valence-corrected chi connectivity index (χ3v) is 3.60. The van der Waals surface area contributed by atoms with Crippen molar-refractivity contribution >= 4 is 12.1 Å². The molecule has 0 aliphatic carbocycles. The Bertz CT molecular complexity index is 780. The number of methoxy groups -OCH3 is 2. The highest BCUT2D eigenvalue weighted by atomic mass is 19.1. The van der Waals surface area contributed by atoms with E-state index in [2.05, 4.69) is 10.5 Å². The SMILES string of the molecule is COc1ccc(CNC(=O)C(C)O/N=C/c2ccccc2F)cc1OC. The fourth-order valence-corrected chi connectivity index (χ4v) is 2.13. The Morgan fingerprint density at radius 1 is 1.19 bits per heavy atom. The van der Waals surface area contributed by atoms with Crippen molar-refractivity contribution in [1.29, 1.82) is 0 Å². The number of ether oxygens (including phenoxy) is 2. The summed E-state index contributed by atoms with van der Waals surface area (Å²) in [5.41, 5.74) is 1.13. The minimum absolute atomic E-state index is 0.283. The Kier molecular flexibility index (Phi) is 6.96. The molecule has 26 heavy (non-hydrogen) atoms. The minimum Gasteiger partial charge on any atom is -0.493 e. The van der Waals surface area contributed by atoms with E-state index in [9.17, 15) is 9.18 Å². The summed E-state index contributed by atoms with van der Waals surface area (Å²) in [4.78, 5) is 17.1. The molecule has 138 valence electrons. The first-order chi connectivity index (χ1) is 12.5. The molecule has 0 spiro atoms. The number of hydrogen-bond donors (Lipinski definition) is 1. The topological polar surface area (TPSA) is 69.2 Å². The molecule has 1 atom stereocenters. The zero-order valence-electron chi connectivity index (χ0n) is 14.9. The highest BCUT2D eigenvalue weighted by molar-refractivity contribution is 5.81. The van der Waals surface area contributed by atoms with E-state index >= 15 is 0 Å². The van der Waals surface area contributed by atoms with Crippen LogP contribution in [-0.2, 0) is 16.2 Å². The average molecular weight is 360 g/mol. The summed E-state index contributed by atoms with van der Waals surface area (Å²) < 4.78 is 23.8. The van der Waals surface area contributed by atoms with Crippen LogP contribution in [0.15, 0.2) is 47.6 Å². The highest BCUT2D eigenvalue weighted by Gasteiger charge is 2.14. The second kappa shape index (κ2) is 9.41. The van der Waals surface area contributed by atoms with Crippen LogP contribution in [0.1, 0.15) is 18.1 Å². The molecule has 1 N–H and O–H groups in total. The van der Waals surface area contributed by atoms with Gasteiger partial charge in [-0.15, -0.1) is 0 Å². The molecule has 0 fully saturated rings. The Balaban J connectivity index is 1.86. The van der Waals surface area contributed by atoms with Crippen molar-refractivity contribution < 1.29 is 23.5 Å². The first kappa shape index (κ1) is 19.2. The van der Waals surface area contributed by atoms with Gasteiger partial charge in [0.15, 0.2) is 11.5 Å². The molecule has 0 saturated carbocycles. The van der Waals surface area contributed by atoms with E-state index in [1.807, 2.05) is 6.07 Å². The fraction of sp³-hybridized carbons (Fsp3) is 0.263. The molecule has 0 heterocycles. The van der Waals surface area contributed by atoms with Crippen molar-refractivity contribution in [2.75, 3.05) is 14.2 Å². The van der Waals surface area contributed by atoms with Gasteiger partial charge in [-0.3, -0.25) is 4.79 Å². The molecule has 0 radical (unpaired) electrons. The lowest BCUT2D eigenvalue weighted by Crippen LogP contribution is -2.33.